The standard InChI is InChI=1S/C53H79NO9Si/c1-7-8-9-10-11-12-13-14-24-35-44(60-47(56)36-25-33-41-27-18-15-19-28-41)38-46(55)54-49-51(62-48(57)37-26-34-42-29-20-16-21-30-42)50(63-64(5)6)45(40-59-53(2,3)4)61-52(49)58-39-43-31-22-17-23-32-43/h15-23,27-32,44-45,49-52,64H,7-14,24-26,33-40H2,1-6H3,(H,54,55)/t44?,45-,49-,50-,51-,52?/m1/s1. The van der Waals surface area contributed by atoms with E-state index in [0.717, 1.165) is 43.2 Å². The van der Waals surface area contributed by atoms with Gasteiger partial charge in [0.1, 0.15) is 24.4 Å². The molecular formula is C53H79NO9Si. The van der Waals surface area contributed by atoms with Gasteiger partial charge in [-0.15, -0.1) is 0 Å². The fourth-order valence-corrected chi connectivity index (χ4v) is 8.95. The quantitative estimate of drug-likeness (QED) is 0.0396. The largest absolute Gasteiger partial charge is 0.462 e. The first kappa shape index (κ1) is 52.7. The van der Waals surface area contributed by atoms with Crippen molar-refractivity contribution in [2.45, 2.75) is 199 Å². The molecule has 0 spiro atoms. The number of aryl methyl sites for hydroxylation is 2. The van der Waals surface area contributed by atoms with E-state index in [1.54, 1.807) is 0 Å². The van der Waals surface area contributed by atoms with Crippen molar-refractivity contribution in [3.8, 4) is 0 Å². The number of benzene rings is 3. The lowest BCUT2D eigenvalue weighted by Crippen LogP contribution is -2.67. The Labute approximate surface area is 386 Å². The summed E-state index contributed by atoms with van der Waals surface area (Å²) >= 11 is 0. The minimum atomic E-state index is -1.78. The predicted molar refractivity (Wildman–Crippen MR) is 256 cm³/mol. The van der Waals surface area contributed by atoms with Crippen LogP contribution in [0.25, 0.3) is 0 Å². The van der Waals surface area contributed by atoms with E-state index in [1.807, 2.05) is 99.6 Å². The molecule has 2 unspecified atom stereocenters. The molecule has 1 aliphatic rings. The van der Waals surface area contributed by atoms with Crippen molar-refractivity contribution in [2.75, 3.05) is 6.61 Å². The van der Waals surface area contributed by atoms with Gasteiger partial charge in [-0.3, -0.25) is 14.4 Å². The van der Waals surface area contributed by atoms with Gasteiger partial charge in [0.25, 0.3) is 0 Å². The van der Waals surface area contributed by atoms with Crippen molar-refractivity contribution in [1.82, 2.24) is 5.32 Å². The average Bonchev–Trinajstić information content (AvgIpc) is 3.26. The third-order valence-electron chi connectivity index (χ3n) is 11.3. The van der Waals surface area contributed by atoms with E-state index < -0.39 is 57.4 Å². The van der Waals surface area contributed by atoms with Crippen LogP contribution in [0.1, 0.15) is 141 Å². The Balaban J connectivity index is 1.55. The maximum Gasteiger partial charge on any atom is 0.306 e. The highest BCUT2D eigenvalue weighted by Gasteiger charge is 2.50. The molecule has 3 aromatic carbocycles. The van der Waals surface area contributed by atoms with Gasteiger partial charge >= 0.3 is 11.9 Å². The topological polar surface area (TPSA) is 119 Å². The average molecular weight is 902 g/mol. The summed E-state index contributed by atoms with van der Waals surface area (Å²) in [6.45, 7) is 12.6. The van der Waals surface area contributed by atoms with Gasteiger partial charge in [-0.05, 0) is 89.1 Å². The monoisotopic (exact) mass is 902 g/mol. The molecular weight excluding hydrogens is 823 g/mol. The first-order chi connectivity index (χ1) is 30.9. The summed E-state index contributed by atoms with van der Waals surface area (Å²) in [6, 6.07) is 28.9. The van der Waals surface area contributed by atoms with Crippen molar-refractivity contribution in [3.05, 3.63) is 108 Å². The Morgan fingerprint density at radius 1 is 0.688 bits per heavy atom. The van der Waals surface area contributed by atoms with Gasteiger partial charge in [0.2, 0.25) is 5.91 Å². The third kappa shape index (κ3) is 21.4. The number of nitrogens with one attached hydrogen (secondary N) is 1. The molecule has 0 radical (unpaired) electrons. The van der Waals surface area contributed by atoms with E-state index in [9.17, 15) is 14.4 Å². The number of carbonyl (C=O) groups excluding carboxylic acids is 3. The fraction of sp³-hybridized carbons (Fsp3) is 0.604. The zero-order chi connectivity index (χ0) is 46.0. The highest BCUT2D eigenvalue weighted by atomic mass is 28.3. The van der Waals surface area contributed by atoms with Crippen LogP contribution in [-0.2, 0) is 61.9 Å². The van der Waals surface area contributed by atoms with Crippen molar-refractivity contribution >= 4 is 26.9 Å². The number of unbranched alkanes of at least 4 members (excludes halogenated alkanes) is 8. The summed E-state index contributed by atoms with van der Waals surface area (Å²) in [5, 5.41) is 3.18. The molecule has 10 nitrogen and oxygen atoms in total. The first-order valence-electron chi connectivity index (χ1n) is 24.3. The molecule has 1 fully saturated rings. The molecule has 1 aliphatic heterocycles. The molecule has 1 heterocycles. The van der Waals surface area contributed by atoms with Crippen LogP contribution in [0.2, 0.25) is 13.1 Å². The molecule has 64 heavy (non-hydrogen) atoms. The molecule has 1 saturated heterocycles. The molecule has 0 aliphatic carbocycles. The Hall–Kier alpha value is -3.87. The second kappa shape index (κ2) is 29.6. The van der Waals surface area contributed by atoms with Gasteiger partial charge in [-0.2, -0.15) is 0 Å². The lowest BCUT2D eigenvalue weighted by molar-refractivity contribution is -0.279. The molecule has 1 N–H and O–H groups in total. The van der Waals surface area contributed by atoms with Crippen LogP contribution in [-0.4, -0.2) is 75.8 Å². The van der Waals surface area contributed by atoms with Gasteiger partial charge in [-0.1, -0.05) is 149 Å². The van der Waals surface area contributed by atoms with Crippen molar-refractivity contribution in [2.24, 2.45) is 0 Å². The maximum absolute atomic E-state index is 14.4. The molecule has 3 aromatic rings. The number of esters is 2. The number of rotatable bonds is 30. The Morgan fingerprint density at radius 3 is 1.77 bits per heavy atom. The van der Waals surface area contributed by atoms with E-state index in [-0.39, 0.29) is 44.4 Å². The summed E-state index contributed by atoms with van der Waals surface area (Å²) in [5.41, 5.74) is 2.74. The van der Waals surface area contributed by atoms with E-state index in [2.05, 4.69) is 37.5 Å². The number of amides is 1. The van der Waals surface area contributed by atoms with Crippen LogP contribution in [0.4, 0.5) is 0 Å². The Morgan fingerprint density at radius 2 is 1.22 bits per heavy atom. The Kier molecular flexibility index (Phi) is 24.4. The summed E-state index contributed by atoms with van der Waals surface area (Å²) in [6.07, 6.45) is 10.1. The highest BCUT2D eigenvalue weighted by molar-refractivity contribution is 6.48. The van der Waals surface area contributed by atoms with Crippen molar-refractivity contribution in [3.63, 3.8) is 0 Å². The molecule has 0 saturated carbocycles. The lowest BCUT2D eigenvalue weighted by Gasteiger charge is -2.47. The fourth-order valence-electron chi connectivity index (χ4n) is 7.99. The van der Waals surface area contributed by atoms with Gasteiger partial charge in [0.15, 0.2) is 21.4 Å². The predicted octanol–water partition coefficient (Wildman–Crippen LogP) is 10.8. The summed E-state index contributed by atoms with van der Waals surface area (Å²) < 4.78 is 38.7. The third-order valence-corrected chi connectivity index (χ3v) is 12.2. The SMILES string of the molecule is CCCCCCCCCCCC(CC(=O)N[C@H]1C(OCc2ccccc2)O[C@H](COC(C)(C)C)[C@@H](O[SiH](C)C)[C@@H]1OC(=O)CCCc1ccccc1)OC(=O)CCCc1ccccc1. The van der Waals surface area contributed by atoms with Crippen LogP contribution in [0.5, 0.6) is 0 Å². The zero-order valence-electron chi connectivity index (χ0n) is 39.8. The number of hydrogen-bond donors (Lipinski definition) is 1. The Bertz CT molecular complexity index is 1720. The summed E-state index contributed by atoms with van der Waals surface area (Å²) in [5.74, 6) is -1.06. The van der Waals surface area contributed by atoms with Crippen LogP contribution in [0.15, 0.2) is 91.0 Å². The van der Waals surface area contributed by atoms with E-state index in [0.29, 0.717) is 19.3 Å². The minimum Gasteiger partial charge on any atom is -0.462 e. The molecule has 4 rings (SSSR count). The van der Waals surface area contributed by atoms with Gasteiger partial charge in [0.05, 0.1) is 25.2 Å². The second-order valence-electron chi connectivity index (χ2n) is 18.6. The van der Waals surface area contributed by atoms with Gasteiger partial charge < -0.3 is 33.4 Å². The molecule has 6 atom stereocenters. The van der Waals surface area contributed by atoms with Gasteiger partial charge in [-0.25, -0.2) is 0 Å². The second-order valence-corrected chi connectivity index (χ2v) is 20.9. The zero-order valence-corrected chi connectivity index (χ0v) is 41.0. The van der Waals surface area contributed by atoms with Crippen LogP contribution >= 0.6 is 0 Å². The normalized spacial score (nSPS) is 19.3. The van der Waals surface area contributed by atoms with Crippen molar-refractivity contribution < 1.29 is 42.5 Å². The van der Waals surface area contributed by atoms with E-state index in [4.69, 9.17) is 28.1 Å². The molecule has 0 bridgehead atoms. The van der Waals surface area contributed by atoms with Crippen LogP contribution in [0.3, 0.4) is 0 Å². The molecule has 11 heteroatoms. The highest BCUT2D eigenvalue weighted by Crippen LogP contribution is 2.30. The smallest absolute Gasteiger partial charge is 0.306 e. The summed E-state index contributed by atoms with van der Waals surface area (Å²) in [7, 11) is -1.78. The van der Waals surface area contributed by atoms with E-state index >= 15 is 0 Å². The molecule has 1 amide bonds. The first-order valence-corrected chi connectivity index (χ1v) is 27.0. The van der Waals surface area contributed by atoms with E-state index in [1.165, 1.54) is 44.1 Å². The maximum atomic E-state index is 14.4. The van der Waals surface area contributed by atoms with Gasteiger partial charge in [0, 0.05) is 12.8 Å². The number of carbonyl (C=O) groups is 3. The molecule has 0 aromatic heterocycles. The van der Waals surface area contributed by atoms with Crippen LogP contribution < -0.4 is 5.32 Å². The van der Waals surface area contributed by atoms with Crippen molar-refractivity contribution in [1.29, 1.82) is 0 Å². The summed E-state index contributed by atoms with van der Waals surface area (Å²) in [4.78, 5) is 41.6. The number of ether oxygens (including phenoxy) is 5. The lowest BCUT2D eigenvalue weighted by atomic mass is 9.95. The number of hydrogen-bond acceptors (Lipinski definition) is 9. The minimum absolute atomic E-state index is 0.0535. The molecule has 354 valence electrons. The van der Waals surface area contributed by atoms with Crippen LogP contribution in [0, 0.1) is 0 Å².